The Labute approximate surface area is 96.9 Å². The smallest absolute Gasteiger partial charge is 0.275 e. The monoisotopic (exact) mass is 236 g/mol. The van der Waals surface area contributed by atoms with E-state index in [1.807, 2.05) is 5.38 Å². The van der Waals surface area contributed by atoms with Gasteiger partial charge in [-0.3, -0.25) is 15.2 Å². The summed E-state index contributed by atoms with van der Waals surface area (Å²) in [5.74, 6) is -0.213. The molecule has 0 aliphatic heterocycles. The number of nitrogens with zero attached hydrogens (tertiary/aromatic N) is 2. The summed E-state index contributed by atoms with van der Waals surface area (Å²) in [5.41, 5.74) is 1.46. The standard InChI is InChI=1S/C10H12N4OS/c1-2-3-7-6-16-10(12-7)13-9(15)8-4-5-11-14-8/h4-6H,2-3H2,1H3,(H,11,14)(H,12,13,15). The Morgan fingerprint density at radius 3 is 3.19 bits per heavy atom. The zero-order valence-corrected chi connectivity index (χ0v) is 9.67. The van der Waals surface area contributed by atoms with Gasteiger partial charge in [0.05, 0.1) is 5.69 Å². The van der Waals surface area contributed by atoms with Crippen LogP contribution in [0.1, 0.15) is 29.5 Å². The number of carbonyl (C=O) groups is 1. The lowest BCUT2D eigenvalue weighted by Crippen LogP contribution is -2.12. The number of aromatic amines is 1. The number of H-pyrrole nitrogens is 1. The second kappa shape index (κ2) is 4.89. The van der Waals surface area contributed by atoms with Gasteiger partial charge in [0.2, 0.25) is 0 Å². The largest absolute Gasteiger partial charge is 0.297 e. The van der Waals surface area contributed by atoms with Crippen molar-refractivity contribution in [2.24, 2.45) is 0 Å². The minimum atomic E-state index is -0.213. The van der Waals surface area contributed by atoms with Crippen LogP contribution in [0.2, 0.25) is 0 Å². The van der Waals surface area contributed by atoms with Gasteiger partial charge >= 0.3 is 0 Å². The van der Waals surface area contributed by atoms with E-state index >= 15 is 0 Å². The fourth-order valence-electron chi connectivity index (χ4n) is 1.28. The number of amides is 1. The van der Waals surface area contributed by atoms with Crippen LogP contribution in [0.15, 0.2) is 17.6 Å². The maximum Gasteiger partial charge on any atom is 0.275 e. The quantitative estimate of drug-likeness (QED) is 0.853. The number of carbonyl (C=O) groups excluding carboxylic acids is 1. The van der Waals surface area contributed by atoms with Crippen molar-refractivity contribution >= 4 is 22.4 Å². The highest BCUT2D eigenvalue weighted by Gasteiger charge is 2.09. The summed E-state index contributed by atoms with van der Waals surface area (Å²) in [7, 11) is 0. The lowest BCUT2D eigenvalue weighted by atomic mass is 10.3. The van der Waals surface area contributed by atoms with Gasteiger partial charge in [-0.15, -0.1) is 11.3 Å². The average molecular weight is 236 g/mol. The second-order valence-corrected chi connectivity index (χ2v) is 4.18. The van der Waals surface area contributed by atoms with Crippen molar-refractivity contribution in [2.45, 2.75) is 19.8 Å². The first kappa shape index (κ1) is 10.8. The molecule has 5 nitrogen and oxygen atoms in total. The lowest BCUT2D eigenvalue weighted by molar-refractivity contribution is 0.102. The van der Waals surface area contributed by atoms with Crippen LogP contribution in [0.5, 0.6) is 0 Å². The van der Waals surface area contributed by atoms with Crippen LogP contribution in [0.4, 0.5) is 5.13 Å². The molecule has 0 fully saturated rings. The molecule has 0 aliphatic carbocycles. The van der Waals surface area contributed by atoms with Crippen LogP contribution in [-0.4, -0.2) is 21.1 Å². The van der Waals surface area contributed by atoms with E-state index in [0.717, 1.165) is 18.5 Å². The number of aromatic nitrogens is 3. The minimum absolute atomic E-state index is 0.213. The third-order valence-electron chi connectivity index (χ3n) is 2.02. The first-order chi connectivity index (χ1) is 7.79. The molecule has 2 N–H and O–H groups in total. The van der Waals surface area contributed by atoms with Crippen molar-refractivity contribution in [1.82, 2.24) is 15.2 Å². The summed E-state index contributed by atoms with van der Waals surface area (Å²) in [4.78, 5) is 15.9. The molecule has 2 heterocycles. The maximum absolute atomic E-state index is 11.6. The van der Waals surface area contributed by atoms with E-state index in [9.17, 15) is 4.79 Å². The predicted molar refractivity (Wildman–Crippen MR) is 62.6 cm³/mol. The van der Waals surface area contributed by atoms with Crippen molar-refractivity contribution < 1.29 is 4.79 Å². The van der Waals surface area contributed by atoms with E-state index in [0.29, 0.717) is 10.8 Å². The van der Waals surface area contributed by atoms with Crippen LogP contribution >= 0.6 is 11.3 Å². The summed E-state index contributed by atoms with van der Waals surface area (Å²) in [5, 5.41) is 11.6. The Hall–Kier alpha value is -1.69. The first-order valence-corrected chi connectivity index (χ1v) is 5.92. The van der Waals surface area contributed by atoms with Crippen LogP contribution < -0.4 is 5.32 Å². The SMILES string of the molecule is CCCc1csc(NC(=O)c2ccn[nH]2)n1. The van der Waals surface area contributed by atoms with Gasteiger partial charge in [0.1, 0.15) is 5.69 Å². The van der Waals surface area contributed by atoms with Gasteiger partial charge < -0.3 is 0 Å². The van der Waals surface area contributed by atoms with Crippen LogP contribution in [0, 0.1) is 0 Å². The second-order valence-electron chi connectivity index (χ2n) is 3.32. The normalized spacial score (nSPS) is 10.3. The van der Waals surface area contributed by atoms with Gasteiger partial charge in [-0.2, -0.15) is 5.10 Å². The molecule has 2 rings (SSSR count). The zero-order valence-electron chi connectivity index (χ0n) is 8.86. The molecule has 6 heteroatoms. The third-order valence-corrected chi connectivity index (χ3v) is 2.83. The summed E-state index contributed by atoms with van der Waals surface area (Å²) in [6.07, 6.45) is 3.54. The summed E-state index contributed by atoms with van der Waals surface area (Å²) < 4.78 is 0. The number of hydrogen-bond donors (Lipinski definition) is 2. The summed E-state index contributed by atoms with van der Waals surface area (Å²) >= 11 is 1.44. The van der Waals surface area contributed by atoms with Crippen molar-refractivity contribution in [2.75, 3.05) is 5.32 Å². The molecule has 16 heavy (non-hydrogen) atoms. The summed E-state index contributed by atoms with van der Waals surface area (Å²) in [6.45, 7) is 2.10. The van der Waals surface area contributed by atoms with Gasteiger partial charge in [0.25, 0.3) is 5.91 Å². The van der Waals surface area contributed by atoms with Crippen molar-refractivity contribution in [3.05, 3.63) is 29.0 Å². The van der Waals surface area contributed by atoms with Gasteiger partial charge in [-0.25, -0.2) is 4.98 Å². The fourth-order valence-corrected chi connectivity index (χ4v) is 2.02. The number of nitrogens with one attached hydrogen (secondary N) is 2. The zero-order chi connectivity index (χ0) is 11.4. The molecule has 2 aromatic rings. The third kappa shape index (κ3) is 2.46. The molecule has 0 unspecified atom stereocenters. The van der Waals surface area contributed by atoms with Gasteiger partial charge in [-0.05, 0) is 12.5 Å². The van der Waals surface area contributed by atoms with Gasteiger partial charge in [0.15, 0.2) is 5.13 Å². The highest BCUT2D eigenvalue weighted by Crippen LogP contribution is 2.16. The van der Waals surface area contributed by atoms with E-state index in [2.05, 4.69) is 27.4 Å². The predicted octanol–water partition coefficient (Wildman–Crippen LogP) is 2.07. The first-order valence-electron chi connectivity index (χ1n) is 5.04. The molecular weight excluding hydrogens is 224 g/mol. The highest BCUT2D eigenvalue weighted by atomic mass is 32.1. The molecule has 0 aromatic carbocycles. The molecule has 2 aromatic heterocycles. The van der Waals surface area contributed by atoms with Crippen molar-refractivity contribution in [3.63, 3.8) is 0 Å². The highest BCUT2D eigenvalue weighted by molar-refractivity contribution is 7.13. The molecule has 0 atom stereocenters. The molecule has 0 aliphatic rings. The Balaban J connectivity index is 2.01. The molecule has 84 valence electrons. The number of rotatable bonds is 4. The Kier molecular flexibility index (Phi) is 3.31. The number of hydrogen-bond acceptors (Lipinski definition) is 4. The van der Waals surface area contributed by atoms with Crippen molar-refractivity contribution in [1.29, 1.82) is 0 Å². The van der Waals surface area contributed by atoms with E-state index in [1.54, 1.807) is 12.3 Å². The Morgan fingerprint density at radius 2 is 2.50 bits per heavy atom. The molecule has 0 spiro atoms. The minimum Gasteiger partial charge on any atom is -0.297 e. The molecule has 0 saturated heterocycles. The van der Waals surface area contributed by atoms with E-state index < -0.39 is 0 Å². The molecular formula is C10H12N4OS. The van der Waals surface area contributed by atoms with Crippen LogP contribution in [0.25, 0.3) is 0 Å². The van der Waals surface area contributed by atoms with E-state index in [1.165, 1.54) is 11.3 Å². The molecule has 0 saturated carbocycles. The summed E-state index contributed by atoms with van der Waals surface area (Å²) in [6, 6.07) is 1.62. The number of thiazole rings is 1. The molecule has 1 amide bonds. The van der Waals surface area contributed by atoms with Crippen LogP contribution in [-0.2, 0) is 6.42 Å². The number of anilines is 1. The van der Waals surface area contributed by atoms with Gasteiger partial charge in [-0.1, -0.05) is 13.3 Å². The fraction of sp³-hybridized carbons (Fsp3) is 0.300. The lowest BCUT2D eigenvalue weighted by Gasteiger charge is -1.97. The molecule has 0 bridgehead atoms. The average Bonchev–Trinajstić information content (AvgIpc) is 2.89. The molecule has 0 radical (unpaired) electrons. The van der Waals surface area contributed by atoms with Gasteiger partial charge in [0, 0.05) is 11.6 Å². The van der Waals surface area contributed by atoms with E-state index in [4.69, 9.17) is 0 Å². The Bertz CT molecular complexity index is 463. The van der Waals surface area contributed by atoms with Crippen LogP contribution in [0.3, 0.4) is 0 Å². The maximum atomic E-state index is 11.6. The Morgan fingerprint density at radius 1 is 1.62 bits per heavy atom. The topological polar surface area (TPSA) is 70.7 Å². The van der Waals surface area contributed by atoms with Crippen molar-refractivity contribution in [3.8, 4) is 0 Å². The van der Waals surface area contributed by atoms with E-state index in [-0.39, 0.29) is 5.91 Å². The number of aryl methyl sites for hydroxylation is 1.